The van der Waals surface area contributed by atoms with Gasteiger partial charge in [0.1, 0.15) is 11.8 Å². The molecule has 0 aliphatic carbocycles. The van der Waals surface area contributed by atoms with Gasteiger partial charge in [0.15, 0.2) is 0 Å². The Morgan fingerprint density at radius 1 is 1.25 bits per heavy atom. The van der Waals surface area contributed by atoms with Crippen LogP contribution >= 0.6 is 0 Å². The molecule has 6 heteroatoms. The Labute approximate surface area is 143 Å². The topological polar surface area (TPSA) is 67.9 Å². The van der Waals surface area contributed by atoms with Crippen molar-refractivity contribution in [3.8, 4) is 5.75 Å². The van der Waals surface area contributed by atoms with E-state index >= 15 is 0 Å². The molecule has 1 aromatic carbocycles. The van der Waals surface area contributed by atoms with Crippen molar-refractivity contribution in [3.63, 3.8) is 0 Å². The quantitative estimate of drug-likeness (QED) is 0.551. The van der Waals surface area contributed by atoms with Crippen LogP contribution in [0.3, 0.4) is 0 Å². The maximum atomic E-state index is 12.1. The van der Waals surface area contributed by atoms with Gasteiger partial charge in [-0.15, -0.1) is 0 Å². The Hall–Kier alpha value is -2.34. The Morgan fingerprint density at radius 2 is 1.92 bits per heavy atom. The lowest BCUT2D eigenvalue weighted by Gasteiger charge is -2.21. The molecule has 0 spiro atoms. The van der Waals surface area contributed by atoms with Crippen LogP contribution in [0, 0.1) is 0 Å². The van der Waals surface area contributed by atoms with Crippen molar-refractivity contribution in [2.24, 2.45) is 0 Å². The zero-order valence-corrected chi connectivity index (χ0v) is 14.7. The number of rotatable bonds is 9. The number of amides is 2. The minimum absolute atomic E-state index is 0.127. The summed E-state index contributed by atoms with van der Waals surface area (Å²) in [5.41, 5.74) is 0.876. The number of methoxy groups -OCH3 is 2. The summed E-state index contributed by atoms with van der Waals surface area (Å²) in [6.07, 6.45) is 3.86. The summed E-state index contributed by atoms with van der Waals surface area (Å²) in [7, 11) is 4.94. The molecule has 0 aliphatic heterocycles. The first-order chi connectivity index (χ1) is 11.5. The van der Waals surface area contributed by atoms with E-state index in [1.165, 1.54) is 6.08 Å². The van der Waals surface area contributed by atoms with Crippen molar-refractivity contribution in [2.45, 2.75) is 19.4 Å². The van der Waals surface area contributed by atoms with Crippen molar-refractivity contribution >= 4 is 17.9 Å². The maximum Gasteiger partial charge on any atom is 0.244 e. The van der Waals surface area contributed by atoms with Crippen molar-refractivity contribution in [1.29, 1.82) is 0 Å². The monoisotopic (exact) mass is 334 g/mol. The first kappa shape index (κ1) is 19.7. The molecule has 6 nitrogen and oxygen atoms in total. The second-order valence-corrected chi connectivity index (χ2v) is 5.44. The third-order valence-corrected chi connectivity index (χ3v) is 3.49. The summed E-state index contributed by atoms with van der Waals surface area (Å²) in [5, 5.41) is 2.67. The molecule has 0 saturated heterocycles. The predicted octanol–water partition coefficient (Wildman–Crippen LogP) is 1.71. The molecule has 1 N–H and O–H groups in total. The number of carbonyl (C=O) groups is 2. The number of carbonyl (C=O) groups excluding carboxylic acids is 2. The third kappa shape index (κ3) is 6.83. The van der Waals surface area contributed by atoms with Crippen molar-refractivity contribution < 1.29 is 19.1 Å². The third-order valence-electron chi connectivity index (χ3n) is 3.49. The molecule has 1 unspecified atom stereocenters. The van der Waals surface area contributed by atoms with Crippen molar-refractivity contribution in [2.75, 3.05) is 34.4 Å². The average molecular weight is 334 g/mol. The molecule has 2 amide bonds. The van der Waals surface area contributed by atoms with E-state index < -0.39 is 6.04 Å². The smallest absolute Gasteiger partial charge is 0.244 e. The van der Waals surface area contributed by atoms with Gasteiger partial charge in [-0.25, -0.2) is 0 Å². The normalized spacial score (nSPS) is 12.0. The summed E-state index contributed by atoms with van der Waals surface area (Å²) < 4.78 is 10.0. The Kier molecular flexibility index (Phi) is 8.57. The highest BCUT2D eigenvalue weighted by Crippen LogP contribution is 2.12. The number of hydrogen-bond acceptors (Lipinski definition) is 4. The van der Waals surface area contributed by atoms with E-state index in [1.807, 2.05) is 24.3 Å². The molecular weight excluding hydrogens is 308 g/mol. The number of hydrogen-bond donors (Lipinski definition) is 1. The van der Waals surface area contributed by atoms with E-state index in [0.717, 1.165) is 17.7 Å². The largest absolute Gasteiger partial charge is 0.497 e. The minimum Gasteiger partial charge on any atom is -0.497 e. The molecule has 132 valence electrons. The summed E-state index contributed by atoms with van der Waals surface area (Å²) in [5.74, 6) is 0.321. The van der Waals surface area contributed by atoms with Crippen LogP contribution in [-0.2, 0) is 14.3 Å². The molecule has 0 heterocycles. The Balaban J connectivity index is 2.47. The number of likely N-dealkylation sites (N-methyl/N-ethyl adjacent to an activating group) is 1. The Morgan fingerprint density at radius 3 is 2.50 bits per heavy atom. The van der Waals surface area contributed by atoms with Gasteiger partial charge in [-0.3, -0.25) is 9.59 Å². The van der Waals surface area contributed by atoms with E-state index in [9.17, 15) is 9.59 Å². The highest BCUT2D eigenvalue weighted by molar-refractivity contribution is 5.95. The van der Waals surface area contributed by atoms with Crippen LogP contribution in [0.4, 0.5) is 0 Å². The van der Waals surface area contributed by atoms with Crippen LogP contribution in [0.1, 0.15) is 18.9 Å². The molecular formula is C18H26N2O4. The minimum atomic E-state index is -0.578. The fraction of sp³-hybridized carbons (Fsp3) is 0.444. The van der Waals surface area contributed by atoms with Gasteiger partial charge in [-0.1, -0.05) is 12.1 Å². The highest BCUT2D eigenvalue weighted by Gasteiger charge is 2.18. The van der Waals surface area contributed by atoms with Gasteiger partial charge in [0.2, 0.25) is 11.8 Å². The molecule has 0 radical (unpaired) electrons. The van der Waals surface area contributed by atoms with Crippen LogP contribution in [0.15, 0.2) is 30.3 Å². The fourth-order valence-corrected chi connectivity index (χ4v) is 2.10. The average Bonchev–Trinajstić information content (AvgIpc) is 2.59. The van der Waals surface area contributed by atoms with Gasteiger partial charge >= 0.3 is 0 Å². The maximum absolute atomic E-state index is 12.1. The van der Waals surface area contributed by atoms with Gasteiger partial charge < -0.3 is 19.7 Å². The van der Waals surface area contributed by atoms with Crippen LogP contribution < -0.4 is 10.1 Å². The van der Waals surface area contributed by atoms with E-state index in [0.29, 0.717) is 13.2 Å². The van der Waals surface area contributed by atoms with Crippen molar-refractivity contribution in [1.82, 2.24) is 10.2 Å². The lowest BCUT2D eigenvalue weighted by atomic mass is 10.2. The van der Waals surface area contributed by atoms with Crippen LogP contribution in [0.5, 0.6) is 5.75 Å². The van der Waals surface area contributed by atoms with E-state index in [1.54, 1.807) is 39.2 Å². The first-order valence-corrected chi connectivity index (χ1v) is 7.84. The zero-order valence-electron chi connectivity index (χ0n) is 14.7. The van der Waals surface area contributed by atoms with Gasteiger partial charge in [0.25, 0.3) is 0 Å². The lowest BCUT2D eigenvalue weighted by molar-refractivity contribution is -0.134. The molecule has 1 atom stereocenters. The lowest BCUT2D eigenvalue weighted by Crippen LogP contribution is -2.45. The number of nitrogens with one attached hydrogen (secondary N) is 1. The SMILES string of the molecule is COCCCN(C)C(=O)C(C)NC(=O)/C=C/c1ccc(OC)cc1. The zero-order chi connectivity index (χ0) is 17.9. The Bertz CT molecular complexity index is 555. The molecule has 24 heavy (non-hydrogen) atoms. The van der Waals surface area contributed by atoms with E-state index in [4.69, 9.17) is 9.47 Å². The molecule has 1 aromatic rings. The van der Waals surface area contributed by atoms with Crippen LogP contribution in [0.2, 0.25) is 0 Å². The van der Waals surface area contributed by atoms with E-state index in [2.05, 4.69) is 5.32 Å². The summed E-state index contributed by atoms with van der Waals surface area (Å²) in [4.78, 5) is 25.7. The standard InChI is InChI=1S/C18H26N2O4/c1-14(18(22)20(2)12-5-13-23-3)19-17(21)11-8-15-6-9-16(24-4)10-7-15/h6-11,14H,5,12-13H2,1-4H3,(H,19,21)/b11-8+. The highest BCUT2D eigenvalue weighted by atomic mass is 16.5. The molecule has 0 bridgehead atoms. The van der Waals surface area contributed by atoms with E-state index in [-0.39, 0.29) is 11.8 Å². The second-order valence-electron chi connectivity index (χ2n) is 5.44. The molecule has 0 aromatic heterocycles. The van der Waals surface area contributed by atoms with Crippen LogP contribution in [0.25, 0.3) is 6.08 Å². The molecule has 0 saturated carbocycles. The summed E-state index contributed by atoms with van der Waals surface area (Å²) >= 11 is 0. The number of ether oxygens (including phenoxy) is 2. The molecule has 1 rings (SSSR count). The van der Waals surface area contributed by atoms with Crippen LogP contribution in [-0.4, -0.2) is 57.2 Å². The molecule has 0 fully saturated rings. The first-order valence-electron chi connectivity index (χ1n) is 7.84. The fourth-order valence-electron chi connectivity index (χ4n) is 2.10. The summed E-state index contributed by atoms with van der Waals surface area (Å²) in [6, 6.07) is 6.75. The van der Waals surface area contributed by atoms with Gasteiger partial charge in [0, 0.05) is 33.4 Å². The summed E-state index contributed by atoms with van der Waals surface area (Å²) in [6.45, 7) is 2.87. The van der Waals surface area contributed by atoms with Crippen molar-refractivity contribution in [3.05, 3.63) is 35.9 Å². The number of benzene rings is 1. The predicted molar refractivity (Wildman–Crippen MR) is 93.8 cm³/mol. The van der Waals surface area contributed by atoms with Gasteiger partial charge in [-0.05, 0) is 37.1 Å². The number of nitrogens with zero attached hydrogens (tertiary/aromatic N) is 1. The van der Waals surface area contributed by atoms with Gasteiger partial charge in [-0.2, -0.15) is 0 Å². The molecule has 0 aliphatic rings. The second kappa shape index (κ2) is 10.4. The van der Waals surface area contributed by atoms with Gasteiger partial charge in [0.05, 0.1) is 7.11 Å².